The normalized spacial score (nSPS) is 30.8. The van der Waals surface area contributed by atoms with Crippen LogP contribution in [0.15, 0.2) is 0 Å². The number of carbonyl (C=O) groups excluding carboxylic acids is 1. The maximum absolute atomic E-state index is 11.7. The minimum absolute atomic E-state index is 0.0342. The van der Waals surface area contributed by atoms with Gasteiger partial charge in [-0.1, -0.05) is 0 Å². The van der Waals surface area contributed by atoms with Gasteiger partial charge in [-0.2, -0.15) is 0 Å². The van der Waals surface area contributed by atoms with E-state index < -0.39 is 0 Å². The van der Waals surface area contributed by atoms with Crippen LogP contribution in [0.3, 0.4) is 0 Å². The van der Waals surface area contributed by atoms with Crippen molar-refractivity contribution in [3.63, 3.8) is 0 Å². The molecule has 2 unspecified atom stereocenters. The molecule has 0 aromatic carbocycles. The van der Waals surface area contributed by atoms with E-state index in [2.05, 4.69) is 21.3 Å². The quantitative estimate of drug-likeness (QED) is 0.541. The van der Waals surface area contributed by atoms with Crippen LogP contribution in [0.25, 0.3) is 0 Å². The van der Waals surface area contributed by atoms with Crippen LogP contribution in [0.2, 0.25) is 0 Å². The Morgan fingerprint density at radius 2 is 2.00 bits per heavy atom. The third kappa shape index (κ3) is 3.64. The van der Waals surface area contributed by atoms with Gasteiger partial charge in [0.1, 0.15) is 0 Å². The molecule has 2 aliphatic heterocycles. The second kappa shape index (κ2) is 6.06. The molecule has 5 nitrogen and oxygen atoms in total. The van der Waals surface area contributed by atoms with E-state index in [1.54, 1.807) is 0 Å². The lowest BCUT2D eigenvalue weighted by atomic mass is 10.1. The molecule has 2 atom stereocenters. The van der Waals surface area contributed by atoms with Gasteiger partial charge in [0.05, 0.1) is 6.17 Å². The molecule has 0 bridgehead atoms. The third-order valence-electron chi connectivity index (χ3n) is 3.25. The van der Waals surface area contributed by atoms with Crippen molar-refractivity contribution in [1.82, 2.24) is 21.3 Å². The predicted molar refractivity (Wildman–Crippen MR) is 63.2 cm³/mol. The van der Waals surface area contributed by atoms with Crippen molar-refractivity contribution < 1.29 is 4.79 Å². The highest BCUT2D eigenvalue weighted by atomic mass is 16.2. The van der Waals surface area contributed by atoms with Crippen LogP contribution in [0.4, 0.5) is 4.79 Å². The Kier molecular flexibility index (Phi) is 4.42. The number of amides is 2. The van der Waals surface area contributed by atoms with Gasteiger partial charge in [-0.05, 0) is 45.2 Å². The zero-order chi connectivity index (χ0) is 11.2. The van der Waals surface area contributed by atoms with Gasteiger partial charge in [-0.3, -0.25) is 5.32 Å². The fourth-order valence-corrected chi connectivity index (χ4v) is 2.34. The summed E-state index contributed by atoms with van der Waals surface area (Å²) in [6.45, 7) is 2.98. The fraction of sp³-hybridized carbons (Fsp3) is 0.909. The molecule has 92 valence electrons. The second-order valence-electron chi connectivity index (χ2n) is 4.66. The molecule has 2 rings (SSSR count). The van der Waals surface area contributed by atoms with E-state index in [1.165, 1.54) is 12.8 Å². The van der Waals surface area contributed by atoms with Crippen molar-refractivity contribution >= 4 is 6.03 Å². The first-order chi connectivity index (χ1) is 7.84. The summed E-state index contributed by atoms with van der Waals surface area (Å²) < 4.78 is 0. The lowest BCUT2D eigenvalue weighted by Crippen LogP contribution is -2.55. The van der Waals surface area contributed by atoms with Crippen LogP contribution in [0.5, 0.6) is 0 Å². The van der Waals surface area contributed by atoms with Crippen molar-refractivity contribution in [1.29, 1.82) is 0 Å². The topological polar surface area (TPSA) is 65.2 Å². The molecule has 2 saturated heterocycles. The molecule has 4 N–H and O–H groups in total. The molecule has 2 heterocycles. The van der Waals surface area contributed by atoms with E-state index in [9.17, 15) is 4.79 Å². The summed E-state index contributed by atoms with van der Waals surface area (Å²) in [4.78, 5) is 11.7. The maximum atomic E-state index is 11.7. The number of hydrogen-bond acceptors (Lipinski definition) is 3. The summed E-state index contributed by atoms with van der Waals surface area (Å²) in [6, 6.07) is 0.255. The molecule has 2 aliphatic rings. The van der Waals surface area contributed by atoms with Crippen LogP contribution in [0.1, 0.15) is 32.1 Å². The number of hydrogen-bond donors (Lipinski definition) is 4. The molecular formula is C11H22N4O. The molecule has 0 spiro atoms. The van der Waals surface area contributed by atoms with Crippen molar-refractivity contribution in [2.24, 2.45) is 0 Å². The fourth-order valence-electron chi connectivity index (χ4n) is 2.34. The van der Waals surface area contributed by atoms with Gasteiger partial charge in [0.2, 0.25) is 0 Å². The lowest BCUT2D eigenvalue weighted by molar-refractivity contribution is 0.223. The van der Waals surface area contributed by atoms with Gasteiger partial charge in [0, 0.05) is 12.6 Å². The molecule has 0 saturated carbocycles. The highest BCUT2D eigenvalue weighted by molar-refractivity contribution is 5.74. The summed E-state index contributed by atoms with van der Waals surface area (Å²) in [6.07, 6.45) is 5.84. The number of nitrogens with one attached hydrogen (secondary N) is 4. The maximum Gasteiger partial charge on any atom is 0.316 e. The molecule has 2 fully saturated rings. The average molecular weight is 226 g/mol. The van der Waals surface area contributed by atoms with Gasteiger partial charge >= 0.3 is 6.03 Å². The summed E-state index contributed by atoms with van der Waals surface area (Å²) in [5.41, 5.74) is 0. The summed E-state index contributed by atoms with van der Waals surface area (Å²) >= 11 is 0. The van der Waals surface area contributed by atoms with Gasteiger partial charge in [0.25, 0.3) is 0 Å². The number of urea groups is 1. The van der Waals surface area contributed by atoms with Crippen molar-refractivity contribution in [3.8, 4) is 0 Å². The van der Waals surface area contributed by atoms with Crippen molar-refractivity contribution in [3.05, 3.63) is 0 Å². The second-order valence-corrected chi connectivity index (χ2v) is 4.66. The Labute approximate surface area is 96.7 Å². The van der Waals surface area contributed by atoms with Crippen LogP contribution in [-0.2, 0) is 0 Å². The highest BCUT2D eigenvalue weighted by Gasteiger charge is 2.18. The Hall–Kier alpha value is -0.810. The van der Waals surface area contributed by atoms with Gasteiger partial charge in [-0.15, -0.1) is 0 Å². The average Bonchev–Trinajstić information content (AvgIpc) is 2.31. The Morgan fingerprint density at radius 3 is 2.69 bits per heavy atom. The minimum Gasteiger partial charge on any atom is -0.334 e. The smallest absolute Gasteiger partial charge is 0.316 e. The van der Waals surface area contributed by atoms with Crippen LogP contribution in [0, 0.1) is 0 Å². The SMILES string of the molecule is O=C(NC1CCCNC1)NC1CCCCN1. The molecule has 16 heavy (non-hydrogen) atoms. The number of piperidine rings is 2. The predicted octanol–water partition coefficient (Wildman–Crippen LogP) is 0.137. The molecule has 0 aliphatic carbocycles. The van der Waals surface area contributed by atoms with E-state index in [0.717, 1.165) is 38.9 Å². The zero-order valence-corrected chi connectivity index (χ0v) is 9.72. The lowest BCUT2D eigenvalue weighted by Gasteiger charge is -2.27. The van der Waals surface area contributed by atoms with E-state index in [4.69, 9.17) is 0 Å². The zero-order valence-electron chi connectivity index (χ0n) is 9.72. The van der Waals surface area contributed by atoms with E-state index in [-0.39, 0.29) is 18.2 Å². The Balaban J connectivity index is 1.66. The first-order valence-electron chi connectivity index (χ1n) is 6.36. The van der Waals surface area contributed by atoms with E-state index in [1.807, 2.05) is 0 Å². The summed E-state index contributed by atoms with van der Waals surface area (Å²) in [7, 11) is 0. The van der Waals surface area contributed by atoms with E-state index in [0.29, 0.717) is 0 Å². The van der Waals surface area contributed by atoms with Gasteiger partial charge in [0.15, 0.2) is 0 Å². The Morgan fingerprint density at radius 1 is 1.06 bits per heavy atom. The van der Waals surface area contributed by atoms with Crippen LogP contribution < -0.4 is 21.3 Å². The largest absolute Gasteiger partial charge is 0.334 e. The monoisotopic (exact) mass is 226 g/mol. The third-order valence-corrected chi connectivity index (χ3v) is 3.25. The number of rotatable bonds is 2. The van der Waals surface area contributed by atoms with Crippen molar-refractivity contribution in [2.45, 2.75) is 44.3 Å². The standard InChI is InChI=1S/C11H22N4O/c16-11(14-9-4-3-6-12-8-9)15-10-5-1-2-7-13-10/h9-10,12-13H,1-8H2,(H2,14,15,16). The molecule has 0 aromatic heterocycles. The van der Waals surface area contributed by atoms with Crippen LogP contribution >= 0.6 is 0 Å². The summed E-state index contributed by atoms with van der Waals surface area (Å²) in [5, 5.41) is 12.6. The number of carbonyl (C=O) groups is 1. The molecule has 2 amide bonds. The molecular weight excluding hydrogens is 204 g/mol. The van der Waals surface area contributed by atoms with E-state index >= 15 is 0 Å². The first kappa shape index (κ1) is 11.7. The molecule has 0 aromatic rings. The molecule has 5 heteroatoms. The van der Waals surface area contributed by atoms with Crippen LogP contribution in [-0.4, -0.2) is 37.9 Å². The first-order valence-corrected chi connectivity index (χ1v) is 6.36. The van der Waals surface area contributed by atoms with Gasteiger partial charge in [-0.25, -0.2) is 4.79 Å². The highest BCUT2D eigenvalue weighted by Crippen LogP contribution is 2.05. The minimum atomic E-state index is -0.0342. The van der Waals surface area contributed by atoms with Gasteiger partial charge < -0.3 is 16.0 Å². The molecule has 0 radical (unpaired) electrons. The van der Waals surface area contributed by atoms with Crippen molar-refractivity contribution in [2.75, 3.05) is 19.6 Å². The summed E-state index contributed by atoms with van der Waals surface area (Å²) in [5.74, 6) is 0. The Bertz CT molecular complexity index is 200.